The van der Waals surface area contributed by atoms with Crippen LogP contribution < -0.4 is 0 Å². The molecule has 6 nitrogen and oxygen atoms in total. The van der Waals surface area contributed by atoms with Crippen LogP contribution in [-0.2, 0) is 14.3 Å². The number of carbonyl (C=O) groups is 2. The van der Waals surface area contributed by atoms with Crippen LogP contribution in [-0.4, -0.2) is 53.7 Å². The van der Waals surface area contributed by atoms with Gasteiger partial charge in [-0.1, -0.05) is 18.2 Å². The lowest BCUT2D eigenvalue weighted by Gasteiger charge is -2.53. The number of aromatic amines is 1. The molecule has 0 bridgehead atoms. The number of carbonyl (C=O) groups excluding carboxylic acids is 2. The van der Waals surface area contributed by atoms with Crippen molar-refractivity contribution in [2.75, 3.05) is 26.3 Å². The lowest BCUT2D eigenvalue weighted by molar-refractivity contribution is -0.302. The number of benzene rings is 1. The average molecular weight is 328 g/mol. The first kappa shape index (κ1) is 15.4. The number of nitrogens with zero attached hydrogens (tertiary/aromatic N) is 1. The fourth-order valence-electron chi connectivity index (χ4n) is 3.34. The maximum absolute atomic E-state index is 12.6. The molecule has 2 fully saturated rings. The Bertz CT molecular complexity index is 805. The van der Waals surface area contributed by atoms with Gasteiger partial charge in [0.2, 0.25) is 0 Å². The van der Waals surface area contributed by atoms with Gasteiger partial charge in [0.15, 0.2) is 5.79 Å². The second-order valence-electron chi connectivity index (χ2n) is 7.22. The molecule has 0 saturated carbocycles. The zero-order valence-electron chi connectivity index (χ0n) is 13.8. The third-order valence-corrected chi connectivity index (χ3v) is 4.82. The number of nitrogens with one attached hydrogen (secondary N) is 1. The number of Topliss-reactive ketones (excluding diaryl/α,β-unsaturated/α-hetero) is 1. The van der Waals surface area contributed by atoms with Gasteiger partial charge in [0.05, 0.1) is 24.2 Å². The molecule has 2 saturated heterocycles. The van der Waals surface area contributed by atoms with Crippen LogP contribution in [0.3, 0.4) is 0 Å². The van der Waals surface area contributed by atoms with Crippen LogP contribution in [0.15, 0.2) is 30.5 Å². The number of likely N-dealkylation sites (tertiary alicyclic amines) is 1. The van der Waals surface area contributed by atoms with Crippen molar-refractivity contribution in [3.63, 3.8) is 0 Å². The summed E-state index contributed by atoms with van der Waals surface area (Å²) in [4.78, 5) is 29.7. The Balaban J connectivity index is 1.45. The van der Waals surface area contributed by atoms with Crippen molar-refractivity contribution < 1.29 is 19.1 Å². The second-order valence-corrected chi connectivity index (χ2v) is 7.22. The molecule has 1 aromatic heterocycles. The number of rotatable bonds is 2. The van der Waals surface area contributed by atoms with Gasteiger partial charge in [0.1, 0.15) is 0 Å². The summed E-state index contributed by atoms with van der Waals surface area (Å²) >= 11 is 0. The van der Waals surface area contributed by atoms with E-state index in [1.54, 1.807) is 11.1 Å². The van der Waals surface area contributed by atoms with Crippen molar-refractivity contribution in [1.82, 2.24) is 9.88 Å². The van der Waals surface area contributed by atoms with Gasteiger partial charge in [-0.05, 0) is 19.9 Å². The topological polar surface area (TPSA) is 71.6 Å². The van der Waals surface area contributed by atoms with Gasteiger partial charge in [-0.25, -0.2) is 0 Å². The molecular weight excluding hydrogens is 308 g/mol. The minimum absolute atomic E-state index is 0.175. The molecule has 0 unspecified atom stereocenters. The van der Waals surface area contributed by atoms with Gasteiger partial charge in [-0.2, -0.15) is 0 Å². The van der Waals surface area contributed by atoms with Gasteiger partial charge < -0.3 is 19.4 Å². The smallest absolute Gasteiger partial charge is 0.295 e. The molecule has 0 atom stereocenters. The van der Waals surface area contributed by atoms with Crippen LogP contribution in [0.1, 0.15) is 24.2 Å². The molecule has 0 aliphatic carbocycles. The number of H-pyrrole nitrogens is 1. The van der Waals surface area contributed by atoms with Crippen molar-refractivity contribution in [2.45, 2.75) is 19.6 Å². The predicted octanol–water partition coefficient (Wildman–Crippen LogP) is 1.96. The SMILES string of the molecule is CC1(C)OCC2(CO1)CN(C(=O)C(=O)c1c[nH]c3ccccc13)C2. The van der Waals surface area contributed by atoms with Gasteiger partial charge in [-0.3, -0.25) is 9.59 Å². The van der Waals surface area contributed by atoms with Crippen LogP contribution in [0, 0.1) is 5.41 Å². The van der Waals surface area contributed by atoms with Crippen LogP contribution in [0.4, 0.5) is 0 Å². The summed E-state index contributed by atoms with van der Waals surface area (Å²) in [5.74, 6) is -1.51. The van der Waals surface area contributed by atoms with Crippen LogP contribution >= 0.6 is 0 Å². The van der Waals surface area contributed by atoms with E-state index in [9.17, 15) is 9.59 Å². The van der Waals surface area contributed by atoms with Crippen molar-refractivity contribution in [3.8, 4) is 0 Å². The molecule has 1 spiro atoms. The first-order valence-corrected chi connectivity index (χ1v) is 8.07. The van der Waals surface area contributed by atoms with E-state index in [1.165, 1.54) is 0 Å². The van der Waals surface area contributed by atoms with E-state index in [1.807, 2.05) is 38.1 Å². The first-order chi connectivity index (χ1) is 11.4. The Kier molecular flexibility index (Phi) is 3.30. The highest BCUT2D eigenvalue weighted by Gasteiger charge is 2.51. The minimum atomic E-state index is -0.574. The molecule has 6 heteroatoms. The number of hydrogen-bond acceptors (Lipinski definition) is 4. The van der Waals surface area contributed by atoms with Crippen molar-refractivity contribution in [3.05, 3.63) is 36.0 Å². The summed E-state index contributed by atoms with van der Waals surface area (Å²) in [6, 6.07) is 7.47. The summed E-state index contributed by atoms with van der Waals surface area (Å²) in [5.41, 5.74) is 1.10. The maximum Gasteiger partial charge on any atom is 0.295 e. The number of fused-ring (bicyclic) bond motifs is 1. The Labute approximate surface area is 139 Å². The summed E-state index contributed by atoms with van der Waals surface area (Å²) in [5, 5.41) is 0.775. The molecule has 2 aromatic rings. The average Bonchev–Trinajstić information content (AvgIpc) is 2.96. The zero-order chi connectivity index (χ0) is 16.9. The van der Waals surface area contributed by atoms with E-state index in [2.05, 4.69) is 4.98 Å². The Morgan fingerprint density at radius 2 is 1.79 bits per heavy atom. The maximum atomic E-state index is 12.6. The summed E-state index contributed by atoms with van der Waals surface area (Å²) in [6.45, 7) is 5.84. The first-order valence-electron chi connectivity index (χ1n) is 8.07. The highest BCUT2D eigenvalue weighted by molar-refractivity contribution is 6.45. The number of para-hydroxylation sites is 1. The highest BCUT2D eigenvalue weighted by Crippen LogP contribution is 2.37. The zero-order valence-corrected chi connectivity index (χ0v) is 13.8. The molecule has 24 heavy (non-hydrogen) atoms. The molecule has 1 amide bonds. The lowest BCUT2D eigenvalue weighted by Crippen LogP contribution is -2.66. The molecule has 2 aliphatic heterocycles. The standard InChI is InChI=1S/C18H20N2O4/c1-17(2)23-10-18(11-24-17)8-20(9-18)16(22)15(21)13-7-19-14-6-4-3-5-12(13)14/h3-7,19H,8-11H2,1-2H3. The summed E-state index contributed by atoms with van der Waals surface area (Å²) in [6.07, 6.45) is 1.61. The molecule has 1 aromatic carbocycles. The molecular formula is C18H20N2O4. The highest BCUT2D eigenvalue weighted by atomic mass is 16.7. The van der Waals surface area contributed by atoms with Crippen molar-refractivity contribution in [2.24, 2.45) is 5.41 Å². The fourth-order valence-corrected chi connectivity index (χ4v) is 3.34. The Morgan fingerprint density at radius 1 is 1.12 bits per heavy atom. The Hall–Kier alpha value is -2.18. The van der Waals surface area contributed by atoms with Crippen molar-refractivity contribution in [1.29, 1.82) is 0 Å². The lowest BCUT2D eigenvalue weighted by atomic mass is 9.80. The molecule has 1 N–H and O–H groups in total. The van der Waals surface area contributed by atoms with E-state index in [0.717, 1.165) is 10.9 Å². The Morgan fingerprint density at radius 3 is 2.50 bits per heavy atom. The molecule has 4 rings (SSSR count). The second kappa shape index (κ2) is 5.16. The van der Waals surface area contributed by atoms with Crippen LogP contribution in [0.25, 0.3) is 10.9 Å². The minimum Gasteiger partial charge on any atom is -0.360 e. The number of ketones is 1. The molecule has 0 radical (unpaired) electrons. The predicted molar refractivity (Wildman–Crippen MR) is 87.6 cm³/mol. The van der Waals surface area contributed by atoms with E-state index < -0.39 is 17.5 Å². The van der Waals surface area contributed by atoms with E-state index >= 15 is 0 Å². The third kappa shape index (κ3) is 2.42. The van der Waals surface area contributed by atoms with Crippen molar-refractivity contribution >= 4 is 22.6 Å². The van der Waals surface area contributed by atoms with Gasteiger partial charge in [-0.15, -0.1) is 0 Å². The van der Waals surface area contributed by atoms with E-state index in [0.29, 0.717) is 31.9 Å². The van der Waals surface area contributed by atoms with Gasteiger partial charge in [0, 0.05) is 30.2 Å². The van der Waals surface area contributed by atoms with Gasteiger partial charge in [0.25, 0.3) is 11.7 Å². The molecule has 2 aliphatic rings. The summed E-state index contributed by atoms with van der Waals surface area (Å²) in [7, 11) is 0. The number of ether oxygens (including phenoxy) is 2. The van der Waals surface area contributed by atoms with Gasteiger partial charge >= 0.3 is 0 Å². The summed E-state index contributed by atoms with van der Waals surface area (Å²) < 4.78 is 11.4. The molecule has 126 valence electrons. The van der Waals surface area contributed by atoms with Crippen LogP contribution in [0.5, 0.6) is 0 Å². The third-order valence-electron chi connectivity index (χ3n) is 4.82. The molecule has 3 heterocycles. The number of amides is 1. The largest absolute Gasteiger partial charge is 0.360 e. The van der Waals surface area contributed by atoms with E-state index in [-0.39, 0.29) is 5.41 Å². The van der Waals surface area contributed by atoms with E-state index in [4.69, 9.17) is 9.47 Å². The number of hydrogen-bond donors (Lipinski definition) is 1. The monoisotopic (exact) mass is 328 g/mol. The normalized spacial score (nSPS) is 21.7. The quantitative estimate of drug-likeness (QED) is 0.676. The fraction of sp³-hybridized carbons (Fsp3) is 0.444. The van der Waals surface area contributed by atoms with Crippen LogP contribution in [0.2, 0.25) is 0 Å². The number of aromatic nitrogens is 1.